The molecule has 22 atom stereocenters. The number of methoxy groups -OCH3 is 1. The van der Waals surface area contributed by atoms with Crippen molar-refractivity contribution in [1.82, 2.24) is 26.6 Å². The molecule has 22 unspecified atom stereocenters. The Hall–Kier alpha value is -2.91. The van der Waals surface area contributed by atoms with Gasteiger partial charge in [-0.05, 0) is 58.1 Å². The maximum absolute atomic E-state index is 13.3. The van der Waals surface area contributed by atoms with Gasteiger partial charge in [-0.1, -0.05) is 70.6 Å². The number of hydrogen-bond acceptors (Lipinski definition) is 23. The van der Waals surface area contributed by atoms with Crippen LogP contribution in [0.2, 0.25) is 0 Å². The minimum absolute atomic E-state index is 0.164. The monoisotopic (exact) mass is 1120 g/mol. The molecule has 5 aliphatic rings. The van der Waals surface area contributed by atoms with Gasteiger partial charge in [-0.3, -0.25) is 19.7 Å². The third-order valence-electron chi connectivity index (χ3n) is 14.6. The minimum Gasteiger partial charge on any atom is -0.394 e. The Morgan fingerprint density at radius 3 is 1.47 bits per heavy atom. The number of likely N-dealkylation sites (N-methyl/N-ethyl adjacent to an activating group) is 1. The topological polar surface area (TPSA) is 380 Å². The van der Waals surface area contributed by atoms with E-state index >= 15 is 0 Å². The van der Waals surface area contributed by atoms with Gasteiger partial charge in [0.25, 0.3) is 0 Å². The number of nitrogens with one attached hydrogen (secondary N) is 5. The van der Waals surface area contributed by atoms with Crippen LogP contribution in [0.1, 0.15) is 105 Å². The lowest BCUT2D eigenvalue weighted by molar-refractivity contribution is -0.363. The Morgan fingerprint density at radius 1 is 0.538 bits per heavy atom. The number of aliphatic hydroxyl groups excluding tert-OH is 9. The summed E-state index contributed by atoms with van der Waals surface area (Å²) in [6.45, 7) is 3.34. The number of rotatable bonds is 33. The van der Waals surface area contributed by atoms with E-state index in [1.165, 1.54) is 38.9 Å². The van der Waals surface area contributed by atoms with E-state index in [4.69, 9.17) is 42.6 Å². The minimum atomic E-state index is -1.82. The standard InChI is InChI=1S/C52H91N5O21/c1-6-8-9-10-11-12-13-14-15-16-17-18-19-20-21-22-34(63)54-23-35(64)56-37-41(66)40(65)30(24-58)72-51(37)77-45-32(26-60)74-50(36(42(45)67)53-7-2)76-47-33(27-61)75-52(39(44(47)69)55-29(4)62)78-46-31(25-59)73-49(70-5)38(43(46)68)57-48-28(3)71-48/h12-13,21-22,28,30-33,36-53,57-61,65-69H,6-11,14-20,23-27H2,1-5H3,(H,54,63)(H,55,62)(H,56,64). The molecule has 5 fully saturated rings. The molecule has 450 valence electrons. The number of aliphatic hydroxyl groups is 9. The van der Waals surface area contributed by atoms with Gasteiger partial charge in [-0.25, -0.2) is 0 Å². The van der Waals surface area contributed by atoms with Crippen LogP contribution in [0.5, 0.6) is 0 Å². The molecule has 0 saturated carbocycles. The first-order valence-electron chi connectivity index (χ1n) is 27.8. The Kier molecular flexibility index (Phi) is 28.6. The van der Waals surface area contributed by atoms with Gasteiger partial charge in [0.2, 0.25) is 17.7 Å². The molecule has 0 bridgehead atoms. The lowest BCUT2D eigenvalue weighted by Gasteiger charge is -2.51. The largest absolute Gasteiger partial charge is 0.394 e. The normalized spacial score (nSPS) is 38.1. The van der Waals surface area contributed by atoms with Crippen LogP contribution < -0.4 is 26.6 Å². The molecule has 0 aromatic carbocycles. The summed E-state index contributed by atoms with van der Waals surface area (Å²) in [6, 6.07) is -5.27. The van der Waals surface area contributed by atoms with Crippen molar-refractivity contribution in [2.24, 2.45) is 0 Å². The third-order valence-corrected chi connectivity index (χ3v) is 14.6. The van der Waals surface area contributed by atoms with Crippen molar-refractivity contribution < 1.29 is 103 Å². The summed E-state index contributed by atoms with van der Waals surface area (Å²) in [5, 5.41) is 113. The Labute approximate surface area is 456 Å². The zero-order valence-electron chi connectivity index (χ0n) is 45.7. The Balaban J connectivity index is 1.20. The summed E-state index contributed by atoms with van der Waals surface area (Å²) in [6.07, 6.45) is -4.25. The van der Waals surface area contributed by atoms with Gasteiger partial charge in [0.15, 0.2) is 25.2 Å². The van der Waals surface area contributed by atoms with Crippen molar-refractivity contribution in [3.8, 4) is 0 Å². The van der Waals surface area contributed by atoms with E-state index in [1.807, 2.05) is 0 Å². The molecule has 78 heavy (non-hydrogen) atoms. The van der Waals surface area contributed by atoms with Crippen LogP contribution in [0.3, 0.4) is 0 Å². The van der Waals surface area contributed by atoms with Crippen molar-refractivity contribution in [2.75, 3.05) is 46.6 Å². The van der Waals surface area contributed by atoms with E-state index in [9.17, 15) is 60.3 Å². The van der Waals surface area contributed by atoms with Crippen LogP contribution in [-0.4, -0.2) is 245 Å². The number of epoxide rings is 1. The van der Waals surface area contributed by atoms with Crippen molar-refractivity contribution in [2.45, 2.75) is 240 Å². The van der Waals surface area contributed by atoms with Gasteiger partial charge in [-0.15, -0.1) is 0 Å². The summed E-state index contributed by atoms with van der Waals surface area (Å²) in [4.78, 5) is 38.5. The molecule has 0 radical (unpaired) electrons. The molecule has 5 rings (SSSR count). The molecule has 26 heteroatoms. The number of unbranched alkanes of at least 4 members (excludes halogenated alkanes) is 10. The molecule has 0 aromatic heterocycles. The van der Waals surface area contributed by atoms with E-state index in [-0.39, 0.29) is 12.6 Å². The van der Waals surface area contributed by atoms with E-state index in [0.717, 1.165) is 51.9 Å². The lowest BCUT2D eigenvalue weighted by atomic mass is 9.93. The number of hydrogen-bond donors (Lipinski definition) is 14. The molecule has 0 aromatic rings. The maximum atomic E-state index is 13.3. The number of amides is 3. The highest BCUT2D eigenvalue weighted by Gasteiger charge is 2.56. The summed E-state index contributed by atoms with van der Waals surface area (Å²) in [5.41, 5.74) is 0. The van der Waals surface area contributed by atoms with E-state index in [0.29, 0.717) is 6.42 Å². The van der Waals surface area contributed by atoms with Crippen molar-refractivity contribution in [1.29, 1.82) is 0 Å². The highest BCUT2D eigenvalue weighted by molar-refractivity contribution is 5.91. The highest BCUT2D eigenvalue weighted by Crippen LogP contribution is 2.35. The molecule has 0 spiro atoms. The SMILES string of the molecule is CCCCCCC=CCCCCCCCC=CC(=O)NCC(=O)NC1C(OC2C(CO)OC(OC3C(CO)OC(OC4C(CO)OC(OC)C(NC5OC5C)C4O)C(NC(C)=O)C3O)C(NCC)C2O)OC(CO)C(O)C1O. The van der Waals surface area contributed by atoms with Crippen molar-refractivity contribution in [3.05, 3.63) is 24.3 Å². The van der Waals surface area contributed by atoms with Crippen LogP contribution in [-0.2, 0) is 57.0 Å². The molecule has 5 aliphatic heterocycles. The second kappa shape index (κ2) is 33.9. The predicted octanol–water partition coefficient (Wildman–Crippen LogP) is -2.94. The molecule has 5 heterocycles. The van der Waals surface area contributed by atoms with Crippen molar-refractivity contribution >= 4 is 17.7 Å². The van der Waals surface area contributed by atoms with Gasteiger partial charge in [0.05, 0.1) is 51.2 Å². The first-order chi connectivity index (χ1) is 37.5. The van der Waals surface area contributed by atoms with Gasteiger partial charge in [-0.2, -0.15) is 0 Å². The number of allylic oxidation sites excluding steroid dienone is 3. The fourth-order valence-electron chi connectivity index (χ4n) is 10.2. The van der Waals surface area contributed by atoms with Gasteiger partial charge in [0.1, 0.15) is 91.6 Å². The summed E-state index contributed by atoms with van der Waals surface area (Å²) >= 11 is 0. The summed E-state index contributed by atoms with van der Waals surface area (Å²) in [7, 11) is 1.35. The Morgan fingerprint density at radius 2 is 0.987 bits per heavy atom. The van der Waals surface area contributed by atoms with Gasteiger partial charge in [0, 0.05) is 14.0 Å². The number of carbonyl (C=O) groups excluding carboxylic acids is 3. The zero-order chi connectivity index (χ0) is 56.9. The first kappa shape index (κ1) is 65.9. The first-order valence-corrected chi connectivity index (χ1v) is 27.8. The van der Waals surface area contributed by atoms with E-state index in [1.54, 1.807) is 19.9 Å². The van der Waals surface area contributed by atoms with Crippen molar-refractivity contribution in [3.63, 3.8) is 0 Å². The average Bonchev–Trinajstić information content (AvgIpc) is 4.23. The van der Waals surface area contributed by atoms with E-state index < -0.39 is 179 Å². The Bertz CT molecular complexity index is 1830. The smallest absolute Gasteiger partial charge is 0.244 e. The fraction of sp³-hybridized carbons (Fsp3) is 0.865. The number of carbonyl (C=O) groups is 3. The second-order valence-electron chi connectivity index (χ2n) is 20.5. The maximum Gasteiger partial charge on any atom is 0.244 e. The van der Waals surface area contributed by atoms with Gasteiger partial charge < -0.3 is 110 Å². The number of ether oxygens (including phenoxy) is 9. The molecule has 3 amide bonds. The molecule has 14 N–H and O–H groups in total. The van der Waals surface area contributed by atoms with Crippen LogP contribution in [0, 0.1) is 0 Å². The quantitative estimate of drug-likeness (QED) is 0.0135. The second-order valence-corrected chi connectivity index (χ2v) is 20.5. The molecule has 5 saturated heterocycles. The molecule has 26 nitrogen and oxygen atoms in total. The molecule has 0 aliphatic carbocycles. The summed E-state index contributed by atoms with van der Waals surface area (Å²) < 4.78 is 53.6. The lowest BCUT2D eigenvalue weighted by Crippen LogP contribution is -2.71. The average molecular weight is 1120 g/mol. The predicted molar refractivity (Wildman–Crippen MR) is 275 cm³/mol. The highest BCUT2D eigenvalue weighted by atomic mass is 16.8. The van der Waals surface area contributed by atoms with Crippen LogP contribution in [0.25, 0.3) is 0 Å². The molecular formula is C52H91N5O21. The fourth-order valence-corrected chi connectivity index (χ4v) is 10.2. The van der Waals surface area contributed by atoms with Crippen LogP contribution >= 0.6 is 0 Å². The van der Waals surface area contributed by atoms with Crippen LogP contribution in [0.15, 0.2) is 24.3 Å². The third kappa shape index (κ3) is 18.8. The van der Waals surface area contributed by atoms with Gasteiger partial charge >= 0.3 is 0 Å². The van der Waals surface area contributed by atoms with Crippen LogP contribution in [0.4, 0.5) is 0 Å². The zero-order valence-corrected chi connectivity index (χ0v) is 45.7. The summed E-state index contributed by atoms with van der Waals surface area (Å²) in [5.74, 6) is -2.01. The van der Waals surface area contributed by atoms with E-state index in [2.05, 4.69) is 45.7 Å². The molecular weight excluding hydrogens is 1030 g/mol.